The standard InChI is InChI=1S/C11H12N4O3S/c1-7-2-3-8(12)6-9(7)19(17,18)15-10-4-5-11(16)14-13-10/h2-6H,12H2,1H3,(H,13,15)(H,14,16). The van der Waals surface area contributed by atoms with Crippen LogP contribution in [0.4, 0.5) is 11.5 Å². The van der Waals surface area contributed by atoms with Crippen molar-refractivity contribution in [3.05, 3.63) is 46.2 Å². The quantitative estimate of drug-likeness (QED) is 0.706. The molecular formula is C11H12N4O3S. The molecule has 4 N–H and O–H groups in total. The van der Waals surface area contributed by atoms with Gasteiger partial charge >= 0.3 is 0 Å². The highest BCUT2D eigenvalue weighted by molar-refractivity contribution is 7.92. The Hall–Kier alpha value is -2.35. The van der Waals surface area contributed by atoms with E-state index in [1.54, 1.807) is 19.1 Å². The van der Waals surface area contributed by atoms with Crippen molar-refractivity contribution >= 4 is 21.5 Å². The number of sulfonamides is 1. The number of nitrogens with two attached hydrogens (primary N) is 1. The van der Waals surface area contributed by atoms with Gasteiger partial charge in [0.25, 0.3) is 15.6 Å². The van der Waals surface area contributed by atoms with E-state index in [9.17, 15) is 13.2 Å². The highest BCUT2D eigenvalue weighted by atomic mass is 32.2. The molecule has 8 heteroatoms. The number of aromatic amines is 1. The van der Waals surface area contributed by atoms with Crippen molar-refractivity contribution in [2.24, 2.45) is 0 Å². The minimum Gasteiger partial charge on any atom is -0.399 e. The van der Waals surface area contributed by atoms with Crippen molar-refractivity contribution < 1.29 is 8.42 Å². The van der Waals surface area contributed by atoms with E-state index in [4.69, 9.17) is 5.73 Å². The summed E-state index contributed by atoms with van der Waals surface area (Å²) in [5.41, 5.74) is 6.08. The number of hydrogen-bond acceptors (Lipinski definition) is 5. The molecule has 0 amide bonds. The van der Waals surface area contributed by atoms with E-state index in [0.717, 1.165) is 0 Å². The molecule has 0 aliphatic carbocycles. The summed E-state index contributed by atoms with van der Waals surface area (Å²) in [6.07, 6.45) is 0. The largest absolute Gasteiger partial charge is 0.399 e. The molecule has 2 aromatic rings. The normalized spacial score (nSPS) is 11.2. The summed E-state index contributed by atoms with van der Waals surface area (Å²) in [4.78, 5) is 10.9. The lowest BCUT2D eigenvalue weighted by Crippen LogP contribution is -2.17. The maximum atomic E-state index is 12.2. The van der Waals surface area contributed by atoms with E-state index in [0.29, 0.717) is 11.3 Å². The molecule has 100 valence electrons. The zero-order valence-corrected chi connectivity index (χ0v) is 10.9. The van der Waals surface area contributed by atoms with Crippen LogP contribution < -0.4 is 16.0 Å². The van der Waals surface area contributed by atoms with Crippen molar-refractivity contribution in [3.8, 4) is 0 Å². The van der Waals surface area contributed by atoms with Gasteiger partial charge in [0.2, 0.25) is 0 Å². The molecule has 0 spiro atoms. The number of rotatable bonds is 3. The van der Waals surface area contributed by atoms with Gasteiger partial charge in [-0.15, -0.1) is 0 Å². The second-order valence-electron chi connectivity index (χ2n) is 3.94. The van der Waals surface area contributed by atoms with E-state index in [1.165, 1.54) is 18.2 Å². The van der Waals surface area contributed by atoms with Crippen molar-refractivity contribution in [1.82, 2.24) is 10.2 Å². The molecule has 0 fully saturated rings. The first kappa shape index (κ1) is 13.1. The third kappa shape index (κ3) is 2.91. The van der Waals surface area contributed by atoms with Crippen LogP contribution in [0.15, 0.2) is 40.0 Å². The second-order valence-corrected chi connectivity index (χ2v) is 5.59. The maximum Gasteiger partial charge on any atom is 0.264 e. The lowest BCUT2D eigenvalue weighted by molar-refractivity contribution is 0.600. The summed E-state index contributed by atoms with van der Waals surface area (Å²) in [5, 5.41) is 5.72. The number of benzene rings is 1. The number of aromatic nitrogens is 2. The summed E-state index contributed by atoms with van der Waals surface area (Å²) in [7, 11) is -3.79. The van der Waals surface area contributed by atoms with Gasteiger partial charge in [0.15, 0.2) is 5.82 Å². The lowest BCUT2D eigenvalue weighted by atomic mass is 10.2. The molecule has 0 radical (unpaired) electrons. The van der Waals surface area contributed by atoms with Gasteiger partial charge in [0.1, 0.15) is 0 Å². The average Bonchev–Trinajstić information content (AvgIpc) is 2.35. The summed E-state index contributed by atoms with van der Waals surface area (Å²) in [6, 6.07) is 7.05. The summed E-state index contributed by atoms with van der Waals surface area (Å²) in [6.45, 7) is 1.66. The molecule has 19 heavy (non-hydrogen) atoms. The Kier molecular flexibility index (Phi) is 3.26. The van der Waals surface area contributed by atoms with Gasteiger partial charge < -0.3 is 5.73 Å². The molecule has 0 saturated carbocycles. The minimum atomic E-state index is -3.79. The van der Waals surface area contributed by atoms with Crippen LogP contribution in [0.2, 0.25) is 0 Å². The average molecular weight is 280 g/mol. The highest BCUT2D eigenvalue weighted by Gasteiger charge is 2.17. The monoisotopic (exact) mass is 280 g/mol. The number of nitrogen functional groups attached to an aromatic ring is 1. The minimum absolute atomic E-state index is 0.0291. The third-order valence-corrected chi connectivity index (χ3v) is 3.92. The van der Waals surface area contributed by atoms with Crippen LogP contribution in [0.5, 0.6) is 0 Å². The molecule has 1 aromatic carbocycles. The van der Waals surface area contributed by atoms with E-state index in [-0.39, 0.29) is 10.7 Å². The predicted molar refractivity (Wildman–Crippen MR) is 71.3 cm³/mol. The fraction of sp³-hybridized carbons (Fsp3) is 0.0909. The summed E-state index contributed by atoms with van der Waals surface area (Å²) in [5.74, 6) is 0.0291. The van der Waals surface area contributed by atoms with Crippen LogP contribution in [0.1, 0.15) is 5.56 Å². The SMILES string of the molecule is Cc1ccc(N)cc1S(=O)(=O)Nc1ccc(=O)[nH]n1. The predicted octanol–water partition coefficient (Wildman–Crippen LogP) is 0.461. The first-order chi connectivity index (χ1) is 8.88. The zero-order chi connectivity index (χ0) is 14.0. The van der Waals surface area contributed by atoms with E-state index in [2.05, 4.69) is 14.9 Å². The number of anilines is 2. The van der Waals surface area contributed by atoms with Gasteiger partial charge in [-0.2, -0.15) is 5.10 Å². The van der Waals surface area contributed by atoms with Crippen LogP contribution in [-0.4, -0.2) is 18.6 Å². The van der Waals surface area contributed by atoms with Crippen LogP contribution in [-0.2, 0) is 10.0 Å². The van der Waals surface area contributed by atoms with Gasteiger partial charge in [-0.1, -0.05) is 6.07 Å². The first-order valence-electron chi connectivity index (χ1n) is 5.33. The van der Waals surface area contributed by atoms with E-state index in [1.807, 2.05) is 0 Å². The molecule has 0 aliphatic heterocycles. The van der Waals surface area contributed by atoms with Crippen molar-refractivity contribution in [1.29, 1.82) is 0 Å². The molecule has 1 heterocycles. The Morgan fingerprint density at radius 2 is 2.00 bits per heavy atom. The van der Waals surface area contributed by atoms with Gasteiger partial charge in [-0.3, -0.25) is 9.52 Å². The van der Waals surface area contributed by atoms with Crippen LogP contribution in [0, 0.1) is 6.92 Å². The molecule has 0 unspecified atom stereocenters. The number of nitrogens with zero attached hydrogens (tertiary/aromatic N) is 1. The first-order valence-corrected chi connectivity index (χ1v) is 6.81. The highest BCUT2D eigenvalue weighted by Crippen LogP contribution is 2.20. The Bertz CT molecular complexity index is 747. The lowest BCUT2D eigenvalue weighted by Gasteiger charge is -2.09. The molecule has 0 aliphatic rings. The van der Waals surface area contributed by atoms with Crippen LogP contribution in [0.25, 0.3) is 0 Å². The molecule has 0 bridgehead atoms. The number of nitrogens with one attached hydrogen (secondary N) is 2. The molecule has 0 atom stereocenters. The third-order valence-electron chi connectivity index (χ3n) is 2.42. The van der Waals surface area contributed by atoms with Gasteiger partial charge in [0.05, 0.1) is 4.90 Å². The molecular weight excluding hydrogens is 268 g/mol. The van der Waals surface area contributed by atoms with Crippen LogP contribution in [0.3, 0.4) is 0 Å². The Morgan fingerprint density at radius 1 is 1.26 bits per heavy atom. The fourth-order valence-corrected chi connectivity index (χ4v) is 2.78. The van der Waals surface area contributed by atoms with Gasteiger partial charge in [0, 0.05) is 11.8 Å². The summed E-state index contributed by atoms with van der Waals surface area (Å²) < 4.78 is 26.6. The Balaban J connectivity index is 2.40. The summed E-state index contributed by atoms with van der Waals surface area (Å²) >= 11 is 0. The number of H-pyrrole nitrogens is 1. The van der Waals surface area contributed by atoms with E-state index >= 15 is 0 Å². The maximum absolute atomic E-state index is 12.2. The second kappa shape index (κ2) is 4.73. The zero-order valence-electron chi connectivity index (χ0n) is 10.0. The fourth-order valence-electron chi connectivity index (χ4n) is 1.50. The van der Waals surface area contributed by atoms with Crippen molar-refractivity contribution in [2.45, 2.75) is 11.8 Å². The smallest absolute Gasteiger partial charge is 0.264 e. The van der Waals surface area contributed by atoms with Crippen molar-refractivity contribution in [2.75, 3.05) is 10.5 Å². The number of hydrogen-bond donors (Lipinski definition) is 3. The molecule has 0 saturated heterocycles. The van der Waals surface area contributed by atoms with E-state index < -0.39 is 15.6 Å². The van der Waals surface area contributed by atoms with Gasteiger partial charge in [-0.25, -0.2) is 13.5 Å². The molecule has 1 aromatic heterocycles. The Labute approximate surface area is 109 Å². The van der Waals surface area contributed by atoms with Gasteiger partial charge in [-0.05, 0) is 30.7 Å². The molecule has 7 nitrogen and oxygen atoms in total. The Morgan fingerprint density at radius 3 is 2.63 bits per heavy atom. The van der Waals surface area contributed by atoms with Crippen LogP contribution >= 0.6 is 0 Å². The topological polar surface area (TPSA) is 118 Å². The van der Waals surface area contributed by atoms with Crippen molar-refractivity contribution in [3.63, 3.8) is 0 Å². The number of aryl methyl sites for hydroxylation is 1. The molecule has 2 rings (SSSR count).